The molecule has 1 rings (SSSR count). The lowest BCUT2D eigenvalue weighted by atomic mass is 9.90. The molecule has 7 heteroatoms. The normalized spacial score (nSPS) is 28.7. The number of cyclic esters (lactones) is 2. The number of ketones is 1. The van der Waals surface area contributed by atoms with E-state index in [4.69, 9.17) is 0 Å². The summed E-state index contributed by atoms with van der Waals surface area (Å²) in [7, 11) is 0. The number of esters is 2. The van der Waals surface area contributed by atoms with Crippen molar-refractivity contribution in [3.63, 3.8) is 0 Å². The van der Waals surface area contributed by atoms with Crippen molar-refractivity contribution in [3.8, 4) is 0 Å². The molecule has 1 aliphatic heterocycles. The van der Waals surface area contributed by atoms with E-state index in [1.54, 1.807) is 0 Å². The summed E-state index contributed by atoms with van der Waals surface area (Å²) >= 11 is 0. The zero-order valence-electron chi connectivity index (χ0n) is 7.93. The Morgan fingerprint density at radius 2 is 2.07 bits per heavy atom. The van der Waals surface area contributed by atoms with E-state index in [-0.39, 0.29) is 0 Å². The molecule has 1 heterocycles. The van der Waals surface area contributed by atoms with Gasteiger partial charge in [-0.3, -0.25) is 9.59 Å². The van der Waals surface area contributed by atoms with Crippen LogP contribution in [0.3, 0.4) is 0 Å². The molecule has 2 atom stereocenters. The third kappa shape index (κ3) is 2.13. The van der Waals surface area contributed by atoms with E-state index >= 15 is 0 Å². The second-order valence-electron chi connectivity index (χ2n) is 3.18. The zero-order chi connectivity index (χ0) is 11.6. The first kappa shape index (κ1) is 11.6. The molecule has 1 saturated heterocycles. The second kappa shape index (κ2) is 3.95. The minimum absolute atomic E-state index is 0.634. The van der Waals surface area contributed by atoms with Crippen LogP contribution in [-0.4, -0.2) is 46.4 Å². The summed E-state index contributed by atoms with van der Waals surface area (Å²) in [5.41, 5.74) is -2.56. The van der Waals surface area contributed by atoms with Crippen molar-refractivity contribution in [2.75, 3.05) is 6.79 Å². The third-order valence-electron chi connectivity index (χ3n) is 2.01. The quantitative estimate of drug-likeness (QED) is 0.521. The van der Waals surface area contributed by atoms with Gasteiger partial charge in [-0.1, -0.05) is 0 Å². The first-order valence-corrected chi connectivity index (χ1v) is 4.11. The number of hydrogen-bond donors (Lipinski definition) is 2. The maximum atomic E-state index is 11.2. The van der Waals surface area contributed by atoms with Crippen LogP contribution in [0, 0.1) is 0 Å². The van der Waals surface area contributed by atoms with Gasteiger partial charge < -0.3 is 19.7 Å². The van der Waals surface area contributed by atoms with Crippen LogP contribution in [0.15, 0.2) is 0 Å². The summed E-state index contributed by atoms with van der Waals surface area (Å²) in [6.45, 7) is 0.344. The molecule has 0 aromatic rings. The molecule has 0 aromatic carbocycles. The number of carbonyl (C=O) groups excluding carboxylic acids is 3. The minimum atomic E-state index is -2.56. The van der Waals surface area contributed by atoms with Gasteiger partial charge in [0.1, 0.15) is 0 Å². The number of carbonyl (C=O) groups is 3. The lowest BCUT2D eigenvalue weighted by molar-refractivity contribution is -0.181. The van der Waals surface area contributed by atoms with Crippen molar-refractivity contribution in [3.05, 3.63) is 0 Å². The average Bonchev–Trinajstić information content (AvgIpc) is 2.26. The van der Waals surface area contributed by atoms with Gasteiger partial charge in [0.25, 0.3) is 0 Å². The van der Waals surface area contributed by atoms with E-state index in [9.17, 15) is 24.6 Å². The fourth-order valence-electron chi connectivity index (χ4n) is 1.16. The van der Waals surface area contributed by atoms with Crippen molar-refractivity contribution in [1.82, 2.24) is 0 Å². The third-order valence-corrected chi connectivity index (χ3v) is 2.01. The van der Waals surface area contributed by atoms with Crippen LogP contribution < -0.4 is 0 Å². The SMILES string of the molecule is CC(=O)C(O)C1(O)CC(=O)OCOC1=O. The Bertz CT molecular complexity index is 310. The largest absolute Gasteiger partial charge is 0.428 e. The lowest BCUT2D eigenvalue weighted by Crippen LogP contribution is -2.53. The number of aliphatic hydroxyl groups excluding tert-OH is 1. The minimum Gasteiger partial charge on any atom is -0.428 e. The van der Waals surface area contributed by atoms with Crippen molar-refractivity contribution >= 4 is 17.7 Å². The van der Waals surface area contributed by atoms with E-state index in [1.165, 1.54) is 0 Å². The smallest absolute Gasteiger partial charge is 0.344 e. The van der Waals surface area contributed by atoms with Crippen LogP contribution >= 0.6 is 0 Å². The van der Waals surface area contributed by atoms with Gasteiger partial charge in [-0.2, -0.15) is 0 Å². The van der Waals surface area contributed by atoms with Crippen molar-refractivity contribution in [2.45, 2.75) is 25.0 Å². The maximum Gasteiger partial charge on any atom is 0.344 e. The standard InChI is InChI=1S/C8H10O7/c1-4(9)6(11)8(13)2-5(10)14-3-15-7(8)12/h6,11,13H,2-3H2,1H3. The number of hydrogen-bond acceptors (Lipinski definition) is 7. The number of rotatable bonds is 2. The summed E-state index contributed by atoms with van der Waals surface area (Å²) in [5, 5.41) is 19.0. The predicted molar refractivity (Wildman–Crippen MR) is 43.3 cm³/mol. The molecule has 0 spiro atoms. The highest BCUT2D eigenvalue weighted by atomic mass is 16.7. The van der Waals surface area contributed by atoms with Gasteiger partial charge in [-0.05, 0) is 6.92 Å². The highest BCUT2D eigenvalue weighted by Gasteiger charge is 2.50. The second-order valence-corrected chi connectivity index (χ2v) is 3.18. The molecular formula is C8H10O7. The van der Waals surface area contributed by atoms with E-state index in [2.05, 4.69) is 9.47 Å². The molecule has 2 N–H and O–H groups in total. The van der Waals surface area contributed by atoms with Crippen LogP contribution in [0.25, 0.3) is 0 Å². The Kier molecular flexibility index (Phi) is 3.06. The summed E-state index contributed by atoms with van der Waals surface area (Å²) in [6.07, 6.45) is -2.82. The number of aliphatic hydroxyl groups is 2. The monoisotopic (exact) mass is 218 g/mol. The van der Waals surface area contributed by atoms with Gasteiger partial charge in [0, 0.05) is 0 Å². The van der Waals surface area contributed by atoms with Crippen molar-refractivity contribution in [2.24, 2.45) is 0 Å². The van der Waals surface area contributed by atoms with Crippen LogP contribution in [0.1, 0.15) is 13.3 Å². The van der Waals surface area contributed by atoms with Crippen LogP contribution in [0.4, 0.5) is 0 Å². The molecular weight excluding hydrogens is 208 g/mol. The molecule has 7 nitrogen and oxygen atoms in total. The Labute approximate surface area is 84.6 Å². The van der Waals surface area contributed by atoms with Crippen molar-refractivity contribution < 1.29 is 34.1 Å². The molecule has 84 valence electrons. The summed E-state index contributed by atoms with van der Waals surface area (Å²) < 4.78 is 8.65. The molecule has 2 unspecified atom stereocenters. The summed E-state index contributed by atoms with van der Waals surface area (Å²) in [5.74, 6) is -3.02. The van der Waals surface area contributed by atoms with Gasteiger partial charge in [0.15, 0.2) is 11.9 Å². The van der Waals surface area contributed by atoms with Crippen LogP contribution in [-0.2, 0) is 23.9 Å². The zero-order valence-corrected chi connectivity index (χ0v) is 7.93. The molecule has 0 aliphatic carbocycles. The van der Waals surface area contributed by atoms with E-state index in [0.717, 1.165) is 6.92 Å². The molecule has 15 heavy (non-hydrogen) atoms. The highest BCUT2D eigenvalue weighted by molar-refractivity contribution is 5.94. The number of Topliss-reactive ketones (excluding diaryl/α,β-unsaturated/α-hetero) is 1. The summed E-state index contributed by atoms with van der Waals surface area (Å²) in [4.78, 5) is 33.0. The van der Waals surface area contributed by atoms with Crippen LogP contribution in [0.2, 0.25) is 0 Å². The molecule has 0 amide bonds. The molecule has 0 radical (unpaired) electrons. The molecule has 1 fully saturated rings. The first-order chi connectivity index (χ1) is 6.88. The van der Waals surface area contributed by atoms with E-state index in [0.29, 0.717) is 0 Å². The van der Waals surface area contributed by atoms with Gasteiger partial charge in [-0.15, -0.1) is 0 Å². The molecule has 0 aromatic heterocycles. The highest BCUT2D eigenvalue weighted by Crippen LogP contribution is 2.22. The molecule has 0 saturated carbocycles. The van der Waals surface area contributed by atoms with E-state index < -0.39 is 42.6 Å². The van der Waals surface area contributed by atoms with Crippen molar-refractivity contribution in [1.29, 1.82) is 0 Å². The van der Waals surface area contributed by atoms with Gasteiger partial charge in [-0.25, -0.2) is 4.79 Å². The fraction of sp³-hybridized carbons (Fsp3) is 0.625. The topological polar surface area (TPSA) is 110 Å². The van der Waals surface area contributed by atoms with Crippen LogP contribution in [0.5, 0.6) is 0 Å². The predicted octanol–water partition coefficient (Wildman–Crippen LogP) is -1.89. The van der Waals surface area contributed by atoms with Gasteiger partial charge in [0.05, 0.1) is 6.42 Å². The number of ether oxygens (including phenoxy) is 2. The van der Waals surface area contributed by atoms with E-state index in [1.807, 2.05) is 0 Å². The molecule has 1 aliphatic rings. The van der Waals surface area contributed by atoms with Gasteiger partial charge in [0.2, 0.25) is 12.4 Å². The Morgan fingerprint density at radius 3 is 2.60 bits per heavy atom. The fourth-order valence-corrected chi connectivity index (χ4v) is 1.16. The Morgan fingerprint density at radius 1 is 1.47 bits per heavy atom. The lowest BCUT2D eigenvalue weighted by Gasteiger charge is -2.25. The Balaban J connectivity index is 2.99. The maximum absolute atomic E-state index is 11.2. The van der Waals surface area contributed by atoms with Gasteiger partial charge >= 0.3 is 11.9 Å². The first-order valence-electron chi connectivity index (χ1n) is 4.11. The average molecular weight is 218 g/mol. The Hall–Kier alpha value is -1.47. The molecule has 0 bridgehead atoms. The summed E-state index contributed by atoms with van der Waals surface area (Å²) in [6, 6.07) is 0.